The predicted molar refractivity (Wildman–Crippen MR) is 305 cm³/mol. The second-order valence-electron chi connectivity index (χ2n) is 19.3. The lowest BCUT2D eigenvalue weighted by Gasteiger charge is -2.24. The van der Waals surface area contributed by atoms with Gasteiger partial charge in [-0.1, -0.05) is 246 Å². The van der Waals surface area contributed by atoms with E-state index < -0.39 is 18.2 Å². The van der Waals surface area contributed by atoms with E-state index in [0.717, 1.165) is 109 Å². The third-order valence-electron chi connectivity index (χ3n) is 12.6. The highest BCUT2D eigenvalue weighted by Gasteiger charge is 2.24. The third kappa shape index (κ3) is 50.9. The zero-order chi connectivity index (χ0) is 50.9. The molecule has 6 heteroatoms. The topological polar surface area (TPSA) is 95.9 Å². The number of ether oxygens (including phenoxy) is 1. The first-order valence-electron chi connectivity index (χ1n) is 29.1. The van der Waals surface area contributed by atoms with Crippen LogP contribution in [0.3, 0.4) is 0 Å². The van der Waals surface area contributed by atoms with E-state index in [2.05, 4.69) is 135 Å². The Morgan fingerprint density at radius 1 is 0.429 bits per heavy atom. The molecule has 70 heavy (non-hydrogen) atoms. The number of unbranched alkanes of at least 4 members (excludes halogenated alkanes) is 21. The Morgan fingerprint density at radius 2 is 0.786 bits per heavy atom. The average Bonchev–Trinajstić information content (AvgIpc) is 3.35. The van der Waals surface area contributed by atoms with Gasteiger partial charge in [0.25, 0.3) is 0 Å². The molecule has 3 atom stereocenters. The molecule has 400 valence electrons. The smallest absolute Gasteiger partial charge is 0.306 e. The molecule has 0 radical (unpaired) electrons. The summed E-state index contributed by atoms with van der Waals surface area (Å²) in [6.07, 6.45) is 77.2. The molecule has 0 aromatic rings. The fourth-order valence-corrected chi connectivity index (χ4v) is 8.21. The van der Waals surface area contributed by atoms with E-state index in [-0.39, 0.29) is 24.9 Å². The Labute approximate surface area is 432 Å². The van der Waals surface area contributed by atoms with Crippen LogP contribution in [0.4, 0.5) is 0 Å². The van der Waals surface area contributed by atoms with Crippen LogP contribution in [0.5, 0.6) is 0 Å². The lowest BCUT2D eigenvalue weighted by molar-refractivity contribution is -0.151. The molecule has 3 N–H and O–H groups in total. The van der Waals surface area contributed by atoms with Gasteiger partial charge in [0.2, 0.25) is 5.91 Å². The van der Waals surface area contributed by atoms with E-state index in [9.17, 15) is 19.8 Å². The number of carbonyl (C=O) groups excluding carboxylic acids is 2. The summed E-state index contributed by atoms with van der Waals surface area (Å²) >= 11 is 0. The summed E-state index contributed by atoms with van der Waals surface area (Å²) in [7, 11) is 0. The van der Waals surface area contributed by atoms with Gasteiger partial charge in [0.1, 0.15) is 6.10 Å². The van der Waals surface area contributed by atoms with Crippen LogP contribution in [0.15, 0.2) is 109 Å². The highest BCUT2D eigenvalue weighted by atomic mass is 16.5. The molecule has 0 saturated heterocycles. The van der Waals surface area contributed by atoms with Crippen molar-refractivity contribution in [2.24, 2.45) is 0 Å². The lowest BCUT2D eigenvalue weighted by Crippen LogP contribution is -2.46. The van der Waals surface area contributed by atoms with Gasteiger partial charge in [-0.3, -0.25) is 9.59 Å². The maximum atomic E-state index is 13.3. The molecule has 0 aliphatic rings. The zero-order valence-corrected chi connectivity index (χ0v) is 45.6. The van der Waals surface area contributed by atoms with E-state index in [0.29, 0.717) is 19.3 Å². The Kier molecular flexibility index (Phi) is 53.6. The van der Waals surface area contributed by atoms with E-state index in [1.807, 2.05) is 0 Å². The first-order valence-corrected chi connectivity index (χ1v) is 29.1. The Hall–Kier alpha value is -3.48. The molecule has 0 fully saturated rings. The van der Waals surface area contributed by atoms with Crippen molar-refractivity contribution >= 4 is 11.9 Å². The molecular weight excluding hydrogens is 863 g/mol. The van der Waals surface area contributed by atoms with E-state index in [1.165, 1.54) is 103 Å². The molecule has 0 spiro atoms. The minimum absolute atomic E-state index is 0.0195. The van der Waals surface area contributed by atoms with Gasteiger partial charge in [-0.2, -0.15) is 0 Å². The highest BCUT2D eigenvalue weighted by molar-refractivity contribution is 5.77. The number of hydrogen-bond acceptors (Lipinski definition) is 5. The third-order valence-corrected chi connectivity index (χ3v) is 12.6. The Morgan fingerprint density at radius 3 is 1.21 bits per heavy atom. The van der Waals surface area contributed by atoms with Crippen LogP contribution in [0.25, 0.3) is 0 Å². The largest absolute Gasteiger partial charge is 0.462 e. The van der Waals surface area contributed by atoms with Crippen LogP contribution in [0.1, 0.15) is 258 Å². The summed E-state index contributed by atoms with van der Waals surface area (Å²) in [4.78, 5) is 26.3. The number of aliphatic hydroxyl groups excluding tert-OH is 2. The standard InChI is InChI=1S/C64H109NO5/c1-4-7-10-13-16-19-22-25-28-30-31-33-36-39-42-45-48-51-54-57-64(69)70-60(55-52-49-46-43-40-37-35-32-29-26-23-20-17-14-11-8-5-2)58-63(68)65-61(59-66)62(67)56-53-50-47-44-41-38-34-27-24-21-18-15-12-9-6-3/h8,11,16-17,19-20,25-26,28-29,31,33,35,37,39,42-43,46,60-62,66-67H,4-7,9-10,12-15,18,21-24,27,30,32,34,36,38,40-41,44-45,47-59H2,1-3H3,(H,65,68)/b11-8-,19-16-,20-17-,28-25-,29-26-,33-31-,37-35-,42-39-,46-43-. The maximum Gasteiger partial charge on any atom is 0.306 e. The minimum Gasteiger partial charge on any atom is -0.462 e. The van der Waals surface area contributed by atoms with Gasteiger partial charge in [-0.05, 0) is 109 Å². The normalized spacial score (nSPS) is 14.0. The number of aliphatic hydroxyl groups is 2. The summed E-state index contributed by atoms with van der Waals surface area (Å²) in [5, 5.41) is 23.9. The Balaban J connectivity index is 4.74. The van der Waals surface area contributed by atoms with E-state index in [4.69, 9.17) is 4.74 Å². The fourth-order valence-electron chi connectivity index (χ4n) is 8.21. The SMILES string of the molecule is CC/C=C\C/C=C\C/C=C\C/C=C\C/C=C\CCCC(CC(=O)NC(CO)C(O)CCCCCCCCCCCCCCCCC)OC(=O)CCCCC/C=C\C/C=C\C/C=C\C/C=C\CCCCC. The molecule has 0 aromatic carbocycles. The van der Waals surface area contributed by atoms with Crippen LogP contribution in [0.2, 0.25) is 0 Å². The van der Waals surface area contributed by atoms with E-state index in [1.54, 1.807) is 0 Å². The molecule has 3 unspecified atom stereocenters. The molecular formula is C64H109NO5. The fraction of sp³-hybridized carbons (Fsp3) is 0.688. The molecule has 0 bridgehead atoms. The van der Waals surface area contributed by atoms with Crippen LogP contribution < -0.4 is 5.32 Å². The first-order chi connectivity index (χ1) is 34.5. The molecule has 0 heterocycles. The number of nitrogens with one attached hydrogen (secondary N) is 1. The summed E-state index contributed by atoms with van der Waals surface area (Å²) in [5.41, 5.74) is 0. The lowest BCUT2D eigenvalue weighted by atomic mass is 10.0. The van der Waals surface area contributed by atoms with Crippen molar-refractivity contribution in [3.63, 3.8) is 0 Å². The molecule has 0 aliphatic heterocycles. The number of hydrogen-bond donors (Lipinski definition) is 3. The van der Waals surface area contributed by atoms with Gasteiger partial charge >= 0.3 is 5.97 Å². The first kappa shape index (κ1) is 66.5. The molecule has 1 amide bonds. The second kappa shape index (κ2) is 56.4. The van der Waals surface area contributed by atoms with Crippen molar-refractivity contribution in [2.45, 2.75) is 277 Å². The van der Waals surface area contributed by atoms with E-state index >= 15 is 0 Å². The zero-order valence-electron chi connectivity index (χ0n) is 45.6. The second-order valence-corrected chi connectivity index (χ2v) is 19.3. The van der Waals surface area contributed by atoms with Gasteiger partial charge in [0.05, 0.1) is 25.2 Å². The van der Waals surface area contributed by atoms with Crippen molar-refractivity contribution in [3.8, 4) is 0 Å². The van der Waals surface area contributed by atoms with Gasteiger partial charge in [-0.15, -0.1) is 0 Å². The molecule has 0 saturated carbocycles. The van der Waals surface area contributed by atoms with Crippen molar-refractivity contribution in [2.75, 3.05) is 6.61 Å². The number of carbonyl (C=O) groups is 2. The molecule has 0 rings (SSSR count). The molecule has 6 nitrogen and oxygen atoms in total. The molecule has 0 aromatic heterocycles. The number of allylic oxidation sites excluding steroid dienone is 18. The monoisotopic (exact) mass is 972 g/mol. The molecule has 0 aliphatic carbocycles. The van der Waals surface area contributed by atoms with Crippen LogP contribution in [-0.4, -0.2) is 46.9 Å². The Bertz CT molecular complexity index is 1420. The van der Waals surface area contributed by atoms with Crippen molar-refractivity contribution in [3.05, 3.63) is 109 Å². The van der Waals surface area contributed by atoms with Crippen molar-refractivity contribution in [1.82, 2.24) is 5.32 Å². The van der Waals surface area contributed by atoms with Crippen LogP contribution in [0, 0.1) is 0 Å². The minimum atomic E-state index is -0.816. The van der Waals surface area contributed by atoms with Gasteiger partial charge in [0, 0.05) is 6.42 Å². The van der Waals surface area contributed by atoms with Gasteiger partial charge in [-0.25, -0.2) is 0 Å². The maximum absolute atomic E-state index is 13.3. The summed E-state index contributed by atoms with van der Waals surface area (Å²) in [6, 6.07) is -0.735. The summed E-state index contributed by atoms with van der Waals surface area (Å²) in [6.45, 7) is 6.33. The quantitative estimate of drug-likeness (QED) is 0.0321. The summed E-state index contributed by atoms with van der Waals surface area (Å²) < 4.78 is 5.92. The van der Waals surface area contributed by atoms with Gasteiger partial charge < -0.3 is 20.3 Å². The highest BCUT2D eigenvalue weighted by Crippen LogP contribution is 2.17. The van der Waals surface area contributed by atoms with Crippen molar-refractivity contribution in [1.29, 1.82) is 0 Å². The number of esters is 1. The number of amides is 1. The van der Waals surface area contributed by atoms with Gasteiger partial charge in [0.15, 0.2) is 0 Å². The van der Waals surface area contributed by atoms with Crippen LogP contribution in [-0.2, 0) is 14.3 Å². The van der Waals surface area contributed by atoms with Crippen molar-refractivity contribution < 1.29 is 24.5 Å². The number of rotatable bonds is 51. The average molecular weight is 973 g/mol. The predicted octanol–water partition coefficient (Wildman–Crippen LogP) is 18.2. The summed E-state index contributed by atoms with van der Waals surface area (Å²) in [5.74, 6) is -0.571. The van der Waals surface area contributed by atoms with Crippen LogP contribution >= 0.6 is 0 Å².